The van der Waals surface area contributed by atoms with E-state index in [1.807, 2.05) is 38.9 Å². The Morgan fingerprint density at radius 3 is 2.73 bits per heavy atom. The maximum atomic E-state index is 12.6. The predicted octanol–water partition coefficient (Wildman–Crippen LogP) is -0.158. The molecular weight excluding hydrogens is 332 g/mol. The SMILES string of the molecule is O=C1CN(c2ncnc3c2CCN(C(=O)Cn2cccc2)CC3)CCN1. The van der Waals surface area contributed by atoms with Crippen LogP contribution in [0.2, 0.25) is 0 Å². The maximum absolute atomic E-state index is 12.6. The third-order valence-electron chi connectivity index (χ3n) is 4.94. The van der Waals surface area contributed by atoms with Gasteiger partial charge in [0.1, 0.15) is 18.7 Å². The standard InChI is InChI=1S/C18H22N6O2/c25-16-11-24(10-5-19-16)18-14-3-8-23(9-4-15(14)20-13-21-18)17(26)12-22-6-1-2-7-22/h1-2,6-7,13H,3-5,8-12H2,(H,19,25). The lowest BCUT2D eigenvalue weighted by Crippen LogP contribution is -2.48. The van der Waals surface area contributed by atoms with Gasteiger partial charge in [0.2, 0.25) is 11.8 Å². The second kappa shape index (κ2) is 7.15. The highest BCUT2D eigenvalue weighted by Crippen LogP contribution is 2.24. The molecule has 0 aromatic carbocycles. The lowest BCUT2D eigenvalue weighted by Gasteiger charge is -2.29. The fraction of sp³-hybridized carbons (Fsp3) is 0.444. The highest BCUT2D eigenvalue weighted by atomic mass is 16.2. The Hall–Kier alpha value is -2.90. The van der Waals surface area contributed by atoms with E-state index in [1.54, 1.807) is 6.33 Å². The lowest BCUT2D eigenvalue weighted by atomic mass is 10.1. The Kier molecular flexibility index (Phi) is 4.55. The number of carbonyl (C=O) groups is 2. The molecule has 1 fully saturated rings. The van der Waals surface area contributed by atoms with Crippen LogP contribution < -0.4 is 10.2 Å². The highest BCUT2D eigenvalue weighted by Gasteiger charge is 2.25. The molecule has 2 aliphatic heterocycles. The van der Waals surface area contributed by atoms with Crippen molar-refractivity contribution in [1.29, 1.82) is 0 Å². The van der Waals surface area contributed by atoms with E-state index in [1.165, 1.54) is 0 Å². The van der Waals surface area contributed by atoms with E-state index in [0.29, 0.717) is 45.6 Å². The molecule has 0 bridgehead atoms. The van der Waals surface area contributed by atoms with Crippen LogP contribution in [0.25, 0.3) is 0 Å². The molecule has 4 rings (SSSR count). The molecule has 0 radical (unpaired) electrons. The predicted molar refractivity (Wildman–Crippen MR) is 95.7 cm³/mol. The average Bonchev–Trinajstić information content (AvgIpc) is 3.05. The van der Waals surface area contributed by atoms with Crippen LogP contribution in [0.15, 0.2) is 30.9 Å². The van der Waals surface area contributed by atoms with Gasteiger partial charge in [-0.25, -0.2) is 9.97 Å². The van der Waals surface area contributed by atoms with Crippen molar-refractivity contribution in [2.75, 3.05) is 37.6 Å². The van der Waals surface area contributed by atoms with Crippen molar-refractivity contribution < 1.29 is 9.59 Å². The Morgan fingerprint density at radius 2 is 1.92 bits per heavy atom. The summed E-state index contributed by atoms with van der Waals surface area (Å²) in [7, 11) is 0. The minimum Gasteiger partial charge on any atom is -0.353 e. The van der Waals surface area contributed by atoms with Crippen molar-refractivity contribution in [3.8, 4) is 0 Å². The first-order valence-electron chi connectivity index (χ1n) is 8.93. The molecule has 136 valence electrons. The molecule has 1 N–H and O–H groups in total. The van der Waals surface area contributed by atoms with E-state index in [2.05, 4.69) is 15.3 Å². The number of nitrogens with one attached hydrogen (secondary N) is 1. The zero-order valence-electron chi connectivity index (χ0n) is 14.6. The molecule has 2 amide bonds. The van der Waals surface area contributed by atoms with Crippen molar-refractivity contribution in [3.05, 3.63) is 42.1 Å². The van der Waals surface area contributed by atoms with Crippen LogP contribution in [0.5, 0.6) is 0 Å². The second-order valence-electron chi connectivity index (χ2n) is 6.63. The first kappa shape index (κ1) is 16.6. The van der Waals surface area contributed by atoms with Crippen LogP contribution in [0.4, 0.5) is 5.82 Å². The number of nitrogens with zero attached hydrogens (tertiary/aromatic N) is 5. The van der Waals surface area contributed by atoms with Crippen LogP contribution >= 0.6 is 0 Å². The molecule has 8 nitrogen and oxygen atoms in total. The van der Waals surface area contributed by atoms with Crippen molar-refractivity contribution >= 4 is 17.6 Å². The first-order valence-corrected chi connectivity index (χ1v) is 8.93. The zero-order valence-corrected chi connectivity index (χ0v) is 14.6. The summed E-state index contributed by atoms with van der Waals surface area (Å²) in [6, 6.07) is 3.84. The summed E-state index contributed by atoms with van der Waals surface area (Å²) in [4.78, 5) is 37.1. The quantitative estimate of drug-likeness (QED) is 0.828. The average molecular weight is 354 g/mol. The molecule has 8 heteroatoms. The van der Waals surface area contributed by atoms with Gasteiger partial charge in [0.15, 0.2) is 0 Å². The van der Waals surface area contributed by atoms with E-state index in [9.17, 15) is 9.59 Å². The van der Waals surface area contributed by atoms with Gasteiger partial charge in [-0.2, -0.15) is 0 Å². The molecular formula is C18H22N6O2. The molecule has 2 aliphatic rings. The minimum absolute atomic E-state index is 0.0146. The molecule has 0 saturated carbocycles. The van der Waals surface area contributed by atoms with E-state index in [4.69, 9.17) is 0 Å². The van der Waals surface area contributed by atoms with Crippen molar-refractivity contribution in [1.82, 2.24) is 24.8 Å². The fourth-order valence-electron chi connectivity index (χ4n) is 3.58. The van der Waals surface area contributed by atoms with Gasteiger partial charge < -0.3 is 19.7 Å². The minimum atomic E-state index is 0.0146. The van der Waals surface area contributed by atoms with Gasteiger partial charge in [-0.15, -0.1) is 0 Å². The number of fused-ring (bicyclic) bond motifs is 1. The van der Waals surface area contributed by atoms with Crippen molar-refractivity contribution in [2.45, 2.75) is 19.4 Å². The van der Waals surface area contributed by atoms with Gasteiger partial charge in [0.05, 0.1) is 12.2 Å². The Morgan fingerprint density at radius 1 is 1.12 bits per heavy atom. The Balaban J connectivity index is 1.50. The summed E-state index contributed by atoms with van der Waals surface area (Å²) in [5, 5.41) is 2.84. The zero-order chi connectivity index (χ0) is 17.9. The summed E-state index contributed by atoms with van der Waals surface area (Å²) < 4.78 is 1.89. The largest absolute Gasteiger partial charge is 0.353 e. The van der Waals surface area contributed by atoms with Crippen LogP contribution in [-0.2, 0) is 29.0 Å². The van der Waals surface area contributed by atoms with E-state index in [0.717, 1.165) is 23.6 Å². The number of aromatic nitrogens is 3. The van der Waals surface area contributed by atoms with Crippen LogP contribution in [0.1, 0.15) is 11.3 Å². The molecule has 2 aromatic heterocycles. The number of rotatable bonds is 3. The summed E-state index contributed by atoms with van der Waals surface area (Å²) in [6.07, 6.45) is 6.78. The van der Waals surface area contributed by atoms with Gasteiger partial charge in [0.25, 0.3) is 0 Å². The smallest absolute Gasteiger partial charge is 0.242 e. The number of hydrogen-bond acceptors (Lipinski definition) is 5. The third-order valence-corrected chi connectivity index (χ3v) is 4.94. The van der Waals surface area contributed by atoms with Gasteiger partial charge in [-0.05, 0) is 18.6 Å². The van der Waals surface area contributed by atoms with Crippen LogP contribution in [0.3, 0.4) is 0 Å². The monoisotopic (exact) mass is 354 g/mol. The summed E-state index contributed by atoms with van der Waals surface area (Å²) in [5.41, 5.74) is 2.05. The number of anilines is 1. The first-order chi connectivity index (χ1) is 12.7. The van der Waals surface area contributed by atoms with E-state index >= 15 is 0 Å². The topological polar surface area (TPSA) is 83.4 Å². The van der Waals surface area contributed by atoms with Crippen LogP contribution in [-0.4, -0.2) is 64.0 Å². The summed E-state index contributed by atoms with van der Waals surface area (Å²) in [6.45, 7) is 3.34. The van der Waals surface area contributed by atoms with Crippen molar-refractivity contribution in [2.24, 2.45) is 0 Å². The highest BCUT2D eigenvalue weighted by molar-refractivity contribution is 5.82. The van der Waals surface area contributed by atoms with E-state index in [-0.39, 0.29) is 11.8 Å². The molecule has 1 saturated heterocycles. The third kappa shape index (κ3) is 3.40. The number of piperazine rings is 1. The molecule has 4 heterocycles. The Bertz CT molecular complexity index is 804. The molecule has 0 unspecified atom stereocenters. The molecule has 0 spiro atoms. The van der Waals surface area contributed by atoms with Gasteiger partial charge >= 0.3 is 0 Å². The molecule has 0 aliphatic carbocycles. The second-order valence-corrected chi connectivity index (χ2v) is 6.63. The van der Waals surface area contributed by atoms with Crippen LogP contribution in [0, 0.1) is 0 Å². The number of hydrogen-bond donors (Lipinski definition) is 1. The van der Waals surface area contributed by atoms with Crippen molar-refractivity contribution in [3.63, 3.8) is 0 Å². The fourth-order valence-corrected chi connectivity index (χ4v) is 3.58. The van der Waals surface area contributed by atoms with Gasteiger partial charge in [-0.1, -0.05) is 0 Å². The van der Waals surface area contributed by atoms with E-state index < -0.39 is 0 Å². The van der Waals surface area contributed by atoms with Gasteiger partial charge in [0, 0.05) is 50.6 Å². The summed E-state index contributed by atoms with van der Waals surface area (Å²) in [5.74, 6) is 0.964. The number of carbonyl (C=O) groups excluding carboxylic acids is 2. The number of amides is 2. The molecule has 26 heavy (non-hydrogen) atoms. The lowest BCUT2D eigenvalue weighted by molar-refractivity contribution is -0.131. The molecule has 2 aromatic rings. The normalized spacial score (nSPS) is 17.5. The van der Waals surface area contributed by atoms with Gasteiger partial charge in [-0.3, -0.25) is 9.59 Å². The molecule has 0 atom stereocenters. The Labute approximate surface area is 151 Å². The summed E-state index contributed by atoms with van der Waals surface area (Å²) >= 11 is 0. The maximum Gasteiger partial charge on any atom is 0.242 e.